The van der Waals surface area contributed by atoms with Crippen LogP contribution in [0.5, 0.6) is 5.75 Å². The standard InChI is InChI=1S/C17H20O3/c1-19-16-7-6-15(13-4-2-3-5-14(13)16)17(18)12-8-10-20-11-9-12/h2-7,12,17-18H,8-11H2,1H3. The highest BCUT2D eigenvalue weighted by Crippen LogP contribution is 2.36. The van der Waals surface area contributed by atoms with E-state index in [1.165, 1.54) is 0 Å². The molecule has 0 aliphatic carbocycles. The topological polar surface area (TPSA) is 38.7 Å². The lowest BCUT2D eigenvalue weighted by molar-refractivity contribution is 0.00772. The molecule has 0 saturated carbocycles. The molecule has 3 nitrogen and oxygen atoms in total. The first-order valence-corrected chi connectivity index (χ1v) is 7.12. The molecule has 1 fully saturated rings. The van der Waals surface area contributed by atoms with Gasteiger partial charge in [0.25, 0.3) is 0 Å². The molecule has 2 aromatic rings. The van der Waals surface area contributed by atoms with Crippen molar-refractivity contribution in [3.63, 3.8) is 0 Å². The van der Waals surface area contributed by atoms with E-state index in [0.29, 0.717) is 0 Å². The lowest BCUT2D eigenvalue weighted by Crippen LogP contribution is -2.22. The predicted octanol–water partition coefficient (Wildman–Crippen LogP) is 3.31. The average Bonchev–Trinajstić information content (AvgIpc) is 2.54. The molecular formula is C17H20O3. The molecule has 1 unspecified atom stereocenters. The number of aliphatic hydroxyl groups excluding tert-OH is 1. The molecule has 1 aliphatic heterocycles. The molecule has 3 heteroatoms. The van der Waals surface area contributed by atoms with E-state index in [1.54, 1.807) is 7.11 Å². The van der Waals surface area contributed by atoms with Crippen molar-refractivity contribution in [3.8, 4) is 5.75 Å². The molecule has 2 aromatic carbocycles. The van der Waals surface area contributed by atoms with Crippen molar-refractivity contribution in [2.75, 3.05) is 20.3 Å². The van der Waals surface area contributed by atoms with Gasteiger partial charge in [-0.05, 0) is 35.8 Å². The van der Waals surface area contributed by atoms with Crippen molar-refractivity contribution in [1.82, 2.24) is 0 Å². The zero-order chi connectivity index (χ0) is 13.9. The molecule has 1 saturated heterocycles. The molecule has 0 radical (unpaired) electrons. The molecular weight excluding hydrogens is 252 g/mol. The molecule has 1 aliphatic rings. The minimum Gasteiger partial charge on any atom is -0.496 e. The van der Waals surface area contributed by atoms with Crippen LogP contribution in [0.15, 0.2) is 36.4 Å². The van der Waals surface area contributed by atoms with Gasteiger partial charge in [0.1, 0.15) is 5.75 Å². The third-order valence-electron chi connectivity index (χ3n) is 4.17. The maximum Gasteiger partial charge on any atom is 0.126 e. The molecule has 20 heavy (non-hydrogen) atoms. The number of methoxy groups -OCH3 is 1. The Morgan fingerprint density at radius 3 is 2.50 bits per heavy atom. The fourth-order valence-corrected chi connectivity index (χ4v) is 3.02. The maximum absolute atomic E-state index is 10.7. The van der Waals surface area contributed by atoms with E-state index in [9.17, 15) is 5.11 Å². The van der Waals surface area contributed by atoms with Gasteiger partial charge in [-0.25, -0.2) is 0 Å². The summed E-state index contributed by atoms with van der Waals surface area (Å²) in [6.07, 6.45) is 1.40. The van der Waals surface area contributed by atoms with Gasteiger partial charge in [-0.1, -0.05) is 30.3 Å². The van der Waals surface area contributed by atoms with Gasteiger partial charge in [0.05, 0.1) is 13.2 Å². The number of hydrogen-bond acceptors (Lipinski definition) is 3. The van der Waals surface area contributed by atoms with Crippen LogP contribution in [0.2, 0.25) is 0 Å². The van der Waals surface area contributed by atoms with Crippen LogP contribution < -0.4 is 4.74 Å². The fraction of sp³-hybridized carbons (Fsp3) is 0.412. The summed E-state index contributed by atoms with van der Waals surface area (Å²) in [4.78, 5) is 0. The Labute approximate surface area is 119 Å². The van der Waals surface area contributed by atoms with Crippen LogP contribution in [-0.2, 0) is 4.74 Å². The van der Waals surface area contributed by atoms with Crippen molar-refractivity contribution >= 4 is 10.8 Å². The van der Waals surface area contributed by atoms with E-state index < -0.39 is 6.10 Å². The third kappa shape index (κ3) is 2.39. The molecule has 1 atom stereocenters. The van der Waals surface area contributed by atoms with Crippen molar-refractivity contribution < 1.29 is 14.6 Å². The summed E-state index contributed by atoms with van der Waals surface area (Å²) in [6, 6.07) is 12.0. The van der Waals surface area contributed by atoms with Crippen LogP contribution in [0, 0.1) is 5.92 Å². The minimum atomic E-state index is -0.435. The molecule has 3 rings (SSSR count). The Morgan fingerprint density at radius 2 is 1.80 bits per heavy atom. The fourth-order valence-electron chi connectivity index (χ4n) is 3.02. The van der Waals surface area contributed by atoms with E-state index in [4.69, 9.17) is 9.47 Å². The number of fused-ring (bicyclic) bond motifs is 1. The molecule has 1 heterocycles. The Bertz CT molecular complexity index is 588. The Balaban J connectivity index is 2.02. The highest BCUT2D eigenvalue weighted by molar-refractivity contribution is 5.91. The van der Waals surface area contributed by atoms with E-state index >= 15 is 0 Å². The van der Waals surface area contributed by atoms with Gasteiger partial charge in [-0.2, -0.15) is 0 Å². The smallest absolute Gasteiger partial charge is 0.126 e. The second kappa shape index (κ2) is 5.81. The lowest BCUT2D eigenvalue weighted by atomic mass is 9.87. The summed E-state index contributed by atoms with van der Waals surface area (Å²) in [6.45, 7) is 1.49. The van der Waals surface area contributed by atoms with Crippen LogP contribution in [-0.4, -0.2) is 25.4 Å². The molecule has 0 spiro atoms. The van der Waals surface area contributed by atoms with E-state index in [0.717, 1.165) is 48.1 Å². The number of rotatable bonds is 3. The lowest BCUT2D eigenvalue weighted by Gasteiger charge is -2.28. The van der Waals surface area contributed by atoms with Gasteiger partial charge in [0.15, 0.2) is 0 Å². The monoisotopic (exact) mass is 272 g/mol. The highest BCUT2D eigenvalue weighted by Gasteiger charge is 2.25. The summed E-state index contributed by atoms with van der Waals surface area (Å²) in [5.74, 6) is 1.13. The summed E-state index contributed by atoms with van der Waals surface area (Å²) in [7, 11) is 1.68. The predicted molar refractivity (Wildman–Crippen MR) is 79.0 cm³/mol. The molecule has 0 aromatic heterocycles. The van der Waals surface area contributed by atoms with Crippen LogP contribution in [0.1, 0.15) is 24.5 Å². The molecule has 0 bridgehead atoms. The normalized spacial score (nSPS) is 18.1. The van der Waals surface area contributed by atoms with Gasteiger partial charge < -0.3 is 14.6 Å². The number of benzene rings is 2. The van der Waals surface area contributed by atoms with Crippen molar-refractivity contribution in [1.29, 1.82) is 0 Å². The van der Waals surface area contributed by atoms with Gasteiger partial charge in [0, 0.05) is 18.6 Å². The highest BCUT2D eigenvalue weighted by atomic mass is 16.5. The summed E-state index contributed by atoms with van der Waals surface area (Å²) in [5, 5.41) is 12.8. The first-order chi connectivity index (χ1) is 9.81. The Kier molecular flexibility index (Phi) is 3.90. The van der Waals surface area contributed by atoms with Gasteiger partial charge in [0.2, 0.25) is 0 Å². The quantitative estimate of drug-likeness (QED) is 0.931. The third-order valence-corrected chi connectivity index (χ3v) is 4.17. The second-order valence-corrected chi connectivity index (χ2v) is 5.30. The first-order valence-electron chi connectivity index (χ1n) is 7.12. The zero-order valence-corrected chi connectivity index (χ0v) is 11.7. The first kappa shape index (κ1) is 13.4. The van der Waals surface area contributed by atoms with Crippen LogP contribution in [0.25, 0.3) is 10.8 Å². The summed E-state index contributed by atoms with van der Waals surface area (Å²) < 4.78 is 10.8. The maximum atomic E-state index is 10.7. The molecule has 1 N–H and O–H groups in total. The minimum absolute atomic E-state index is 0.278. The summed E-state index contributed by atoms with van der Waals surface area (Å²) >= 11 is 0. The van der Waals surface area contributed by atoms with Gasteiger partial charge >= 0.3 is 0 Å². The van der Waals surface area contributed by atoms with Crippen LogP contribution in [0.3, 0.4) is 0 Å². The van der Waals surface area contributed by atoms with Gasteiger partial charge in [-0.15, -0.1) is 0 Å². The Morgan fingerprint density at radius 1 is 1.10 bits per heavy atom. The zero-order valence-electron chi connectivity index (χ0n) is 11.7. The molecule has 106 valence electrons. The number of hydrogen-bond donors (Lipinski definition) is 1. The summed E-state index contributed by atoms with van der Waals surface area (Å²) in [5.41, 5.74) is 0.994. The molecule has 0 amide bonds. The van der Waals surface area contributed by atoms with Crippen molar-refractivity contribution in [2.24, 2.45) is 5.92 Å². The van der Waals surface area contributed by atoms with Gasteiger partial charge in [-0.3, -0.25) is 0 Å². The van der Waals surface area contributed by atoms with Crippen LogP contribution >= 0.6 is 0 Å². The van der Waals surface area contributed by atoms with E-state index in [1.807, 2.05) is 30.3 Å². The van der Waals surface area contributed by atoms with Crippen molar-refractivity contribution in [3.05, 3.63) is 42.0 Å². The average molecular weight is 272 g/mol. The SMILES string of the molecule is COc1ccc(C(O)C2CCOCC2)c2ccccc12. The number of aliphatic hydroxyl groups is 1. The van der Waals surface area contributed by atoms with Crippen molar-refractivity contribution in [2.45, 2.75) is 18.9 Å². The Hall–Kier alpha value is -1.58. The van der Waals surface area contributed by atoms with Crippen LogP contribution in [0.4, 0.5) is 0 Å². The second-order valence-electron chi connectivity index (χ2n) is 5.30. The number of ether oxygens (including phenoxy) is 2. The van der Waals surface area contributed by atoms with E-state index in [2.05, 4.69) is 6.07 Å². The largest absolute Gasteiger partial charge is 0.496 e. The van der Waals surface area contributed by atoms with E-state index in [-0.39, 0.29) is 5.92 Å².